The standard InChI is InChI=1S/C10H21NO/c1-3-11(8-9(2)12)10-6-4-5-7-10/h9-10,12H,3-8H2,1-2H3/t9-/m1/s1. The van der Waals surface area contributed by atoms with Crippen molar-refractivity contribution in [2.45, 2.75) is 51.7 Å². The van der Waals surface area contributed by atoms with Gasteiger partial charge in [0.15, 0.2) is 0 Å². The van der Waals surface area contributed by atoms with Crippen molar-refractivity contribution in [1.29, 1.82) is 0 Å². The Kier molecular flexibility index (Phi) is 4.02. The van der Waals surface area contributed by atoms with E-state index in [1.54, 1.807) is 0 Å². The Bertz CT molecular complexity index is 119. The Morgan fingerprint density at radius 2 is 2.00 bits per heavy atom. The first-order chi connectivity index (χ1) is 5.74. The summed E-state index contributed by atoms with van der Waals surface area (Å²) in [5, 5.41) is 9.27. The molecule has 0 spiro atoms. The van der Waals surface area contributed by atoms with Gasteiger partial charge in [0, 0.05) is 12.6 Å². The third-order valence-corrected chi connectivity index (χ3v) is 2.75. The van der Waals surface area contributed by atoms with Crippen molar-refractivity contribution in [2.24, 2.45) is 0 Å². The fourth-order valence-corrected chi connectivity index (χ4v) is 2.15. The van der Waals surface area contributed by atoms with E-state index >= 15 is 0 Å². The molecular formula is C10H21NO. The van der Waals surface area contributed by atoms with Crippen molar-refractivity contribution in [3.8, 4) is 0 Å². The molecule has 0 heterocycles. The predicted molar refractivity (Wildman–Crippen MR) is 51.2 cm³/mol. The summed E-state index contributed by atoms with van der Waals surface area (Å²) in [6.45, 7) is 5.98. The molecule has 1 atom stereocenters. The lowest BCUT2D eigenvalue weighted by atomic mass is 10.2. The van der Waals surface area contributed by atoms with E-state index in [0.717, 1.165) is 19.1 Å². The van der Waals surface area contributed by atoms with Gasteiger partial charge in [-0.1, -0.05) is 19.8 Å². The van der Waals surface area contributed by atoms with E-state index < -0.39 is 0 Å². The highest BCUT2D eigenvalue weighted by molar-refractivity contribution is 4.77. The summed E-state index contributed by atoms with van der Waals surface area (Å²) in [4.78, 5) is 2.41. The molecular weight excluding hydrogens is 150 g/mol. The van der Waals surface area contributed by atoms with Crippen LogP contribution in [0.25, 0.3) is 0 Å². The van der Waals surface area contributed by atoms with Crippen LogP contribution < -0.4 is 0 Å². The Hall–Kier alpha value is -0.0800. The lowest BCUT2D eigenvalue weighted by Gasteiger charge is -2.28. The second kappa shape index (κ2) is 4.83. The van der Waals surface area contributed by atoms with Gasteiger partial charge in [-0.25, -0.2) is 0 Å². The van der Waals surface area contributed by atoms with E-state index in [2.05, 4.69) is 11.8 Å². The molecule has 1 fully saturated rings. The van der Waals surface area contributed by atoms with Crippen molar-refractivity contribution in [1.82, 2.24) is 4.90 Å². The molecule has 0 amide bonds. The molecule has 2 nitrogen and oxygen atoms in total. The van der Waals surface area contributed by atoms with Crippen molar-refractivity contribution in [2.75, 3.05) is 13.1 Å². The van der Waals surface area contributed by atoms with Gasteiger partial charge in [-0.2, -0.15) is 0 Å². The van der Waals surface area contributed by atoms with E-state index in [1.807, 2.05) is 6.92 Å². The summed E-state index contributed by atoms with van der Waals surface area (Å²) >= 11 is 0. The molecule has 0 aromatic carbocycles. The molecule has 12 heavy (non-hydrogen) atoms. The average Bonchev–Trinajstić information content (AvgIpc) is 2.51. The number of hydrogen-bond acceptors (Lipinski definition) is 2. The third kappa shape index (κ3) is 2.76. The van der Waals surface area contributed by atoms with Crippen molar-refractivity contribution in [3.63, 3.8) is 0 Å². The van der Waals surface area contributed by atoms with Gasteiger partial charge in [-0.05, 0) is 26.3 Å². The number of rotatable bonds is 4. The molecule has 2 heteroatoms. The van der Waals surface area contributed by atoms with Crippen molar-refractivity contribution < 1.29 is 5.11 Å². The van der Waals surface area contributed by atoms with E-state index in [1.165, 1.54) is 25.7 Å². The molecule has 0 bridgehead atoms. The molecule has 1 aliphatic rings. The fourth-order valence-electron chi connectivity index (χ4n) is 2.15. The van der Waals surface area contributed by atoms with Crippen LogP contribution in [0, 0.1) is 0 Å². The minimum atomic E-state index is -0.175. The SMILES string of the molecule is CCN(C[C@@H](C)O)C1CCCC1. The lowest BCUT2D eigenvalue weighted by molar-refractivity contribution is 0.103. The van der Waals surface area contributed by atoms with Crippen LogP contribution in [0.2, 0.25) is 0 Å². The van der Waals surface area contributed by atoms with E-state index in [0.29, 0.717) is 0 Å². The van der Waals surface area contributed by atoms with Crippen LogP contribution in [0.3, 0.4) is 0 Å². The number of aliphatic hydroxyl groups excluding tert-OH is 1. The second-order valence-corrected chi connectivity index (χ2v) is 3.87. The minimum absolute atomic E-state index is 0.175. The zero-order valence-electron chi connectivity index (χ0n) is 8.29. The van der Waals surface area contributed by atoms with Gasteiger partial charge in [0.05, 0.1) is 6.10 Å². The quantitative estimate of drug-likeness (QED) is 0.695. The zero-order chi connectivity index (χ0) is 8.97. The van der Waals surface area contributed by atoms with Gasteiger partial charge in [-0.3, -0.25) is 4.90 Å². The highest BCUT2D eigenvalue weighted by Gasteiger charge is 2.21. The molecule has 0 saturated heterocycles. The van der Waals surface area contributed by atoms with Gasteiger partial charge in [-0.15, -0.1) is 0 Å². The third-order valence-electron chi connectivity index (χ3n) is 2.75. The monoisotopic (exact) mass is 171 g/mol. The maximum absolute atomic E-state index is 9.27. The number of aliphatic hydroxyl groups is 1. The topological polar surface area (TPSA) is 23.5 Å². The molecule has 0 aromatic rings. The first-order valence-electron chi connectivity index (χ1n) is 5.16. The van der Waals surface area contributed by atoms with E-state index in [4.69, 9.17) is 0 Å². The fraction of sp³-hybridized carbons (Fsp3) is 1.00. The Morgan fingerprint density at radius 3 is 2.42 bits per heavy atom. The summed E-state index contributed by atoms with van der Waals surface area (Å²) in [5.74, 6) is 0. The summed E-state index contributed by atoms with van der Waals surface area (Å²) in [6, 6.07) is 0.754. The van der Waals surface area contributed by atoms with Crippen LogP contribution in [-0.4, -0.2) is 35.2 Å². The van der Waals surface area contributed by atoms with Crippen molar-refractivity contribution >= 4 is 0 Å². The first kappa shape index (κ1) is 10.0. The van der Waals surface area contributed by atoms with Crippen molar-refractivity contribution in [3.05, 3.63) is 0 Å². The van der Waals surface area contributed by atoms with E-state index in [-0.39, 0.29) is 6.10 Å². The van der Waals surface area contributed by atoms with Crippen LogP contribution in [-0.2, 0) is 0 Å². The van der Waals surface area contributed by atoms with E-state index in [9.17, 15) is 5.11 Å². The predicted octanol–water partition coefficient (Wildman–Crippen LogP) is 1.63. The molecule has 1 rings (SSSR count). The molecule has 0 aliphatic heterocycles. The molecule has 1 saturated carbocycles. The highest BCUT2D eigenvalue weighted by atomic mass is 16.3. The largest absolute Gasteiger partial charge is 0.392 e. The van der Waals surface area contributed by atoms with Gasteiger partial charge < -0.3 is 5.11 Å². The smallest absolute Gasteiger partial charge is 0.0639 e. The molecule has 0 aromatic heterocycles. The molecule has 72 valence electrons. The highest BCUT2D eigenvalue weighted by Crippen LogP contribution is 2.23. The molecule has 0 unspecified atom stereocenters. The van der Waals surface area contributed by atoms with Crippen LogP contribution >= 0.6 is 0 Å². The summed E-state index contributed by atoms with van der Waals surface area (Å²) in [7, 11) is 0. The van der Waals surface area contributed by atoms with Crippen LogP contribution in [0.15, 0.2) is 0 Å². The Labute approximate surface area is 75.6 Å². The maximum Gasteiger partial charge on any atom is 0.0639 e. The summed E-state index contributed by atoms with van der Waals surface area (Å²) < 4.78 is 0. The second-order valence-electron chi connectivity index (χ2n) is 3.87. The average molecular weight is 171 g/mol. The lowest BCUT2D eigenvalue weighted by Crippen LogP contribution is -2.38. The van der Waals surface area contributed by atoms with Gasteiger partial charge in [0.25, 0.3) is 0 Å². The van der Waals surface area contributed by atoms with Gasteiger partial charge >= 0.3 is 0 Å². The number of likely N-dealkylation sites (N-methyl/N-ethyl adjacent to an activating group) is 1. The minimum Gasteiger partial charge on any atom is -0.392 e. The zero-order valence-corrected chi connectivity index (χ0v) is 8.29. The number of hydrogen-bond donors (Lipinski definition) is 1. The summed E-state index contributed by atoms with van der Waals surface area (Å²) in [5.41, 5.74) is 0. The normalized spacial score (nSPS) is 22.0. The van der Waals surface area contributed by atoms with Gasteiger partial charge in [0.2, 0.25) is 0 Å². The van der Waals surface area contributed by atoms with Crippen LogP contribution in [0.4, 0.5) is 0 Å². The van der Waals surface area contributed by atoms with Gasteiger partial charge in [0.1, 0.15) is 0 Å². The molecule has 0 radical (unpaired) electrons. The first-order valence-corrected chi connectivity index (χ1v) is 5.16. The molecule has 1 N–H and O–H groups in total. The van der Waals surface area contributed by atoms with Crippen LogP contribution in [0.1, 0.15) is 39.5 Å². The Balaban J connectivity index is 2.32. The van der Waals surface area contributed by atoms with Crippen LogP contribution in [0.5, 0.6) is 0 Å². The summed E-state index contributed by atoms with van der Waals surface area (Å²) in [6.07, 6.45) is 5.24. The maximum atomic E-state index is 9.27. The number of nitrogens with zero attached hydrogens (tertiary/aromatic N) is 1. The Morgan fingerprint density at radius 1 is 1.42 bits per heavy atom. The molecule has 1 aliphatic carbocycles.